The second kappa shape index (κ2) is 5.03. The summed E-state index contributed by atoms with van der Waals surface area (Å²) in [7, 11) is 3.78. The van der Waals surface area contributed by atoms with Gasteiger partial charge in [-0.05, 0) is 32.9 Å². The highest BCUT2D eigenvalue weighted by Gasteiger charge is 2.16. The summed E-state index contributed by atoms with van der Waals surface area (Å²) in [5.74, 6) is 1.25. The van der Waals surface area contributed by atoms with Gasteiger partial charge in [-0.1, -0.05) is 6.07 Å². The molecule has 0 saturated heterocycles. The van der Waals surface area contributed by atoms with E-state index in [0.717, 1.165) is 5.82 Å². The molecule has 0 saturated carbocycles. The number of aromatic nitrogens is 1. The van der Waals surface area contributed by atoms with Crippen LogP contribution in [0.2, 0.25) is 0 Å². The minimum absolute atomic E-state index is 0.477. The molecule has 94 valence electrons. The molecule has 1 aromatic heterocycles. The number of ether oxygens (including phenoxy) is 1. The van der Waals surface area contributed by atoms with E-state index in [-0.39, 0.29) is 0 Å². The van der Waals surface area contributed by atoms with Crippen LogP contribution < -0.4 is 10.2 Å². The first-order valence-corrected chi connectivity index (χ1v) is 5.42. The second-order valence-corrected chi connectivity index (χ2v) is 4.90. The highest BCUT2D eigenvalue weighted by atomic mass is 16.6. The summed E-state index contributed by atoms with van der Waals surface area (Å²) in [5, 5.41) is 2.59. The van der Waals surface area contributed by atoms with Gasteiger partial charge in [-0.3, -0.25) is 5.32 Å². The van der Waals surface area contributed by atoms with E-state index >= 15 is 0 Å². The number of anilines is 2. The Hall–Kier alpha value is -1.78. The van der Waals surface area contributed by atoms with E-state index in [2.05, 4.69) is 10.3 Å². The smallest absolute Gasteiger partial charge is 0.413 e. The first-order valence-electron chi connectivity index (χ1n) is 5.42. The number of carbonyl (C=O) groups excluding carboxylic acids is 1. The summed E-state index contributed by atoms with van der Waals surface area (Å²) in [4.78, 5) is 17.6. The van der Waals surface area contributed by atoms with E-state index in [1.165, 1.54) is 0 Å². The number of carbonyl (C=O) groups is 1. The Bertz CT molecular complexity index is 397. The molecule has 0 bridgehead atoms. The van der Waals surface area contributed by atoms with Crippen LogP contribution in [-0.2, 0) is 4.74 Å². The summed E-state index contributed by atoms with van der Waals surface area (Å²) < 4.78 is 5.14. The van der Waals surface area contributed by atoms with E-state index in [1.807, 2.05) is 51.9 Å². The SMILES string of the molecule is CN(C)c1cccc(NC(=O)OC(C)(C)C)n1. The maximum atomic E-state index is 11.5. The molecule has 0 radical (unpaired) electrons. The molecular formula is C12H19N3O2. The van der Waals surface area contributed by atoms with Crippen molar-refractivity contribution in [2.45, 2.75) is 26.4 Å². The van der Waals surface area contributed by atoms with Crippen LogP contribution >= 0.6 is 0 Å². The quantitative estimate of drug-likeness (QED) is 0.858. The fourth-order valence-corrected chi connectivity index (χ4v) is 1.15. The van der Waals surface area contributed by atoms with Gasteiger partial charge in [-0.15, -0.1) is 0 Å². The standard InChI is InChI=1S/C12H19N3O2/c1-12(2,3)17-11(16)14-9-7-6-8-10(13-9)15(4)5/h6-8H,1-5H3,(H,13,14,16). The van der Waals surface area contributed by atoms with Gasteiger partial charge in [0.15, 0.2) is 0 Å². The Kier molecular flexibility index (Phi) is 3.93. The first-order chi connectivity index (χ1) is 7.78. The Balaban J connectivity index is 2.69. The number of rotatable bonds is 2. The van der Waals surface area contributed by atoms with Crippen LogP contribution in [0.15, 0.2) is 18.2 Å². The van der Waals surface area contributed by atoms with Gasteiger partial charge >= 0.3 is 6.09 Å². The monoisotopic (exact) mass is 237 g/mol. The molecule has 0 spiro atoms. The molecule has 1 rings (SSSR count). The lowest BCUT2D eigenvalue weighted by Gasteiger charge is -2.19. The molecule has 0 aromatic carbocycles. The van der Waals surface area contributed by atoms with Crippen molar-refractivity contribution in [1.29, 1.82) is 0 Å². The van der Waals surface area contributed by atoms with E-state index in [1.54, 1.807) is 6.07 Å². The number of nitrogens with zero attached hydrogens (tertiary/aromatic N) is 2. The van der Waals surface area contributed by atoms with E-state index < -0.39 is 11.7 Å². The maximum Gasteiger partial charge on any atom is 0.413 e. The Morgan fingerprint density at radius 1 is 1.35 bits per heavy atom. The van der Waals surface area contributed by atoms with Crippen LogP contribution in [-0.4, -0.2) is 30.8 Å². The number of hydrogen-bond donors (Lipinski definition) is 1. The van der Waals surface area contributed by atoms with Crippen molar-refractivity contribution in [3.8, 4) is 0 Å². The third-order valence-electron chi connectivity index (χ3n) is 1.82. The summed E-state index contributed by atoms with van der Waals surface area (Å²) in [6, 6.07) is 5.41. The van der Waals surface area contributed by atoms with Crippen LogP contribution in [0.4, 0.5) is 16.4 Å². The normalized spacial score (nSPS) is 10.9. The third-order valence-corrected chi connectivity index (χ3v) is 1.82. The van der Waals surface area contributed by atoms with Crippen LogP contribution in [0.5, 0.6) is 0 Å². The molecule has 0 aliphatic carbocycles. The lowest BCUT2D eigenvalue weighted by Crippen LogP contribution is -2.27. The molecule has 0 atom stereocenters. The van der Waals surface area contributed by atoms with Crippen LogP contribution in [0.25, 0.3) is 0 Å². The zero-order valence-electron chi connectivity index (χ0n) is 10.9. The number of pyridine rings is 1. The summed E-state index contributed by atoms with van der Waals surface area (Å²) >= 11 is 0. The van der Waals surface area contributed by atoms with Crippen molar-refractivity contribution in [2.24, 2.45) is 0 Å². The zero-order chi connectivity index (χ0) is 13.1. The lowest BCUT2D eigenvalue weighted by molar-refractivity contribution is 0.0635. The molecule has 0 unspecified atom stereocenters. The van der Waals surface area contributed by atoms with Crippen molar-refractivity contribution >= 4 is 17.7 Å². The molecule has 5 heteroatoms. The van der Waals surface area contributed by atoms with E-state index in [0.29, 0.717) is 5.82 Å². The highest BCUT2D eigenvalue weighted by Crippen LogP contribution is 2.13. The molecule has 1 N–H and O–H groups in total. The fraction of sp³-hybridized carbons (Fsp3) is 0.500. The van der Waals surface area contributed by atoms with Crippen molar-refractivity contribution in [1.82, 2.24) is 4.98 Å². The predicted molar refractivity (Wildman–Crippen MR) is 68.4 cm³/mol. The number of nitrogens with one attached hydrogen (secondary N) is 1. The number of hydrogen-bond acceptors (Lipinski definition) is 4. The molecule has 0 fully saturated rings. The third kappa shape index (κ3) is 4.72. The Morgan fingerprint density at radius 2 is 2.00 bits per heavy atom. The van der Waals surface area contributed by atoms with Crippen LogP contribution in [0.3, 0.4) is 0 Å². The van der Waals surface area contributed by atoms with Gasteiger partial charge in [0.1, 0.15) is 17.2 Å². The largest absolute Gasteiger partial charge is 0.444 e. The highest BCUT2D eigenvalue weighted by molar-refractivity contribution is 5.83. The van der Waals surface area contributed by atoms with Crippen molar-refractivity contribution in [3.05, 3.63) is 18.2 Å². The molecule has 1 aromatic rings. The van der Waals surface area contributed by atoms with Gasteiger partial charge in [0.25, 0.3) is 0 Å². The minimum Gasteiger partial charge on any atom is -0.444 e. The molecule has 1 amide bonds. The predicted octanol–water partition coefficient (Wildman–Crippen LogP) is 2.49. The van der Waals surface area contributed by atoms with E-state index in [4.69, 9.17) is 4.74 Å². The number of amides is 1. The van der Waals surface area contributed by atoms with Gasteiger partial charge in [-0.2, -0.15) is 0 Å². The fourth-order valence-electron chi connectivity index (χ4n) is 1.15. The summed E-state index contributed by atoms with van der Waals surface area (Å²) in [6.07, 6.45) is -0.499. The minimum atomic E-state index is -0.511. The van der Waals surface area contributed by atoms with E-state index in [9.17, 15) is 4.79 Å². The Labute approximate surface area is 102 Å². The second-order valence-electron chi connectivity index (χ2n) is 4.90. The zero-order valence-corrected chi connectivity index (χ0v) is 10.9. The van der Waals surface area contributed by atoms with Gasteiger partial charge < -0.3 is 9.64 Å². The Morgan fingerprint density at radius 3 is 2.53 bits per heavy atom. The van der Waals surface area contributed by atoms with Crippen LogP contribution in [0, 0.1) is 0 Å². The molecule has 5 nitrogen and oxygen atoms in total. The van der Waals surface area contributed by atoms with Gasteiger partial charge in [0, 0.05) is 14.1 Å². The molecule has 0 aliphatic rings. The van der Waals surface area contributed by atoms with Gasteiger partial charge in [-0.25, -0.2) is 9.78 Å². The lowest BCUT2D eigenvalue weighted by atomic mass is 10.2. The maximum absolute atomic E-state index is 11.5. The van der Waals surface area contributed by atoms with Gasteiger partial charge in [0.2, 0.25) is 0 Å². The topological polar surface area (TPSA) is 54.5 Å². The molecule has 17 heavy (non-hydrogen) atoms. The van der Waals surface area contributed by atoms with Crippen LogP contribution in [0.1, 0.15) is 20.8 Å². The van der Waals surface area contributed by atoms with Crippen molar-refractivity contribution < 1.29 is 9.53 Å². The van der Waals surface area contributed by atoms with Crippen molar-refractivity contribution in [2.75, 3.05) is 24.3 Å². The summed E-state index contributed by atoms with van der Waals surface area (Å²) in [6.45, 7) is 5.45. The summed E-state index contributed by atoms with van der Waals surface area (Å²) in [5.41, 5.74) is -0.511. The van der Waals surface area contributed by atoms with Gasteiger partial charge in [0.05, 0.1) is 0 Å². The van der Waals surface area contributed by atoms with Crippen molar-refractivity contribution in [3.63, 3.8) is 0 Å². The average Bonchev–Trinajstić information content (AvgIpc) is 2.14. The average molecular weight is 237 g/mol. The molecule has 0 aliphatic heterocycles. The molecule has 1 heterocycles. The molecular weight excluding hydrogens is 218 g/mol. The first kappa shape index (κ1) is 13.3.